The molecule has 2 amide bonds. The van der Waals surface area contributed by atoms with Crippen LogP contribution in [0.5, 0.6) is 0 Å². The number of ether oxygens (including phenoxy) is 1. The molecule has 3 aliphatic rings. The molecule has 0 radical (unpaired) electrons. The van der Waals surface area contributed by atoms with Gasteiger partial charge in [0.25, 0.3) is 5.91 Å². The van der Waals surface area contributed by atoms with E-state index in [9.17, 15) is 14.4 Å². The number of carbonyl (C=O) groups excluding carboxylic acids is 3. The van der Waals surface area contributed by atoms with Gasteiger partial charge in [-0.3, -0.25) is 14.5 Å². The highest BCUT2D eigenvalue weighted by molar-refractivity contribution is 8.26. The van der Waals surface area contributed by atoms with Gasteiger partial charge in [-0.15, -0.1) is 23.1 Å². The molecule has 4 heterocycles. The molecule has 1 N–H and O–H groups in total. The van der Waals surface area contributed by atoms with Crippen molar-refractivity contribution >= 4 is 57.4 Å². The fraction of sp³-hybridized carbons (Fsp3) is 0.139. The molecule has 0 aliphatic carbocycles. The number of thioether (sulfide) groups is 1. The Labute approximate surface area is 272 Å². The molecule has 9 heteroatoms. The number of fused-ring (bicyclic) bond motifs is 1. The molecule has 45 heavy (non-hydrogen) atoms. The zero-order valence-electron chi connectivity index (χ0n) is 24.1. The minimum Gasteiger partial charge on any atom is -0.448 e. The van der Waals surface area contributed by atoms with Gasteiger partial charge in [-0.1, -0.05) is 97.1 Å². The second-order valence-electron chi connectivity index (χ2n) is 10.8. The number of carbonyl (C=O) groups is 3. The predicted octanol–water partition coefficient (Wildman–Crippen LogP) is 6.80. The minimum atomic E-state index is -0.967. The van der Waals surface area contributed by atoms with E-state index in [2.05, 4.69) is 28.3 Å². The fourth-order valence-electron chi connectivity index (χ4n) is 5.70. The van der Waals surface area contributed by atoms with Gasteiger partial charge in [0.1, 0.15) is 17.1 Å². The van der Waals surface area contributed by atoms with Crippen LogP contribution in [0.3, 0.4) is 0 Å². The van der Waals surface area contributed by atoms with Crippen molar-refractivity contribution in [1.82, 2.24) is 10.2 Å². The lowest BCUT2D eigenvalue weighted by atomic mass is 10.0. The van der Waals surface area contributed by atoms with Crippen molar-refractivity contribution in [2.24, 2.45) is 0 Å². The van der Waals surface area contributed by atoms with Crippen LogP contribution in [0.25, 0.3) is 5.57 Å². The first-order chi connectivity index (χ1) is 22.1. The largest absolute Gasteiger partial charge is 0.448 e. The summed E-state index contributed by atoms with van der Waals surface area (Å²) in [5, 5.41) is 8.94. The van der Waals surface area contributed by atoms with Crippen molar-refractivity contribution in [1.29, 1.82) is 0 Å². The third-order valence-electron chi connectivity index (χ3n) is 7.91. The summed E-state index contributed by atoms with van der Waals surface area (Å²) >= 11 is 3.25. The summed E-state index contributed by atoms with van der Waals surface area (Å²) in [6.07, 6.45) is 1.63. The van der Waals surface area contributed by atoms with E-state index < -0.39 is 34.4 Å². The number of benzene rings is 3. The number of rotatable bonds is 9. The summed E-state index contributed by atoms with van der Waals surface area (Å²) < 4.78 is 6.33. The van der Waals surface area contributed by atoms with Crippen LogP contribution in [0, 0.1) is 0 Å². The van der Waals surface area contributed by atoms with Gasteiger partial charge in [0.15, 0.2) is 6.10 Å². The molecule has 226 valence electrons. The van der Waals surface area contributed by atoms with Crippen LogP contribution in [-0.4, -0.2) is 39.9 Å². The standard InChI is InChI=1S/C36H30N2O4S3/c39-30(21-24-11-4-1-5-12-24)37-31-34(40)38-32(29(22-44-35(31)38)45-20-18-27(23-45)28-17-10-19-43-28)36(41)42-33(25-13-6-2-7-14-25)26-15-8-3-9-16-26/h1-20,23,31,33,35,45H,21-22H2,(H,37,39)/t31-,35?/m1/s1. The third-order valence-corrected chi connectivity index (χ3v) is 12.3. The smallest absolute Gasteiger partial charge is 0.356 e. The van der Waals surface area contributed by atoms with E-state index in [1.807, 2.05) is 102 Å². The molecule has 6 nitrogen and oxygen atoms in total. The van der Waals surface area contributed by atoms with Gasteiger partial charge in [0.2, 0.25) is 5.91 Å². The van der Waals surface area contributed by atoms with Crippen molar-refractivity contribution in [3.8, 4) is 0 Å². The maximum Gasteiger partial charge on any atom is 0.356 e. The first-order valence-corrected chi connectivity index (χ1v) is 18.0. The monoisotopic (exact) mass is 650 g/mol. The minimum absolute atomic E-state index is 0.181. The number of esters is 1. The summed E-state index contributed by atoms with van der Waals surface area (Å²) in [5.41, 5.74) is 3.98. The second kappa shape index (κ2) is 13.0. The van der Waals surface area contributed by atoms with E-state index in [4.69, 9.17) is 4.74 Å². The van der Waals surface area contributed by atoms with Crippen LogP contribution in [0.15, 0.2) is 136 Å². The lowest BCUT2D eigenvalue weighted by Gasteiger charge is -2.50. The number of amides is 2. The quantitative estimate of drug-likeness (QED) is 0.118. The van der Waals surface area contributed by atoms with Crippen LogP contribution < -0.4 is 5.32 Å². The maximum atomic E-state index is 14.3. The molecule has 0 spiro atoms. The molecule has 3 aliphatic heterocycles. The lowest BCUT2D eigenvalue weighted by Crippen LogP contribution is -2.70. The van der Waals surface area contributed by atoms with Crippen molar-refractivity contribution in [2.45, 2.75) is 23.9 Å². The Morgan fingerprint density at radius 2 is 1.58 bits per heavy atom. The number of thiol groups is 1. The number of thiophene rings is 1. The second-order valence-corrected chi connectivity index (χ2v) is 14.8. The summed E-state index contributed by atoms with van der Waals surface area (Å²) in [5.74, 6) is -0.507. The average molecular weight is 651 g/mol. The summed E-state index contributed by atoms with van der Waals surface area (Å²) in [6, 6.07) is 32.1. The van der Waals surface area contributed by atoms with Gasteiger partial charge in [-0.2, -0.15) is 10.9 Å². The molecule has 0 bridgehead atoms. The number of β-lactam (4-membered cyclic amide) rings is 1. The Balaban J connectivity index is 1.20. The van der Waals surface area contributed by atoms with Crippen molar-refractivity contribution < 1.29 is 19.1 Å². The summed E-state index contributed by atoms with van der Waals surface area (Å²) in [7, 11) is -0.967. The van der Waals surface area contributed by atoms with E-state index in [-0.39, 0.29) is 18.2 Å². The van der Waals surface area contributed by atoms with Gasteiger partial charge in [-0.05, 0) is 50.6 Å². The number of hydrogen-bond acceptors (Lipinski definition) is 6. The highest BCUT2D eigenvalue weighted by atomic mass is 32.2. The molecule has 2 unspecified atom stereocenters. The Kier molecular flexibility index (Phi) is 8.47. The predicted molar refractivity (Wildman–Crippen MR) is 183 cm³/mol. The molecule has 1 fully saturated rings. The van der Waals surface area contributed by atoms with E-state index in [0.717, 1.165) is 32.0 Å². The Morgan fingerprint density at radius 1 is 0.911 bits per heavy atom. The van der Waals surface area contributed by atoms with Gasteiger partial charge in [-0.25, -0.2) is 4.79 Å². The van der Waals surface area contributed by atoms with Gasteiger partial charge >= 0.3 is 5.97 Å². The van der Waals surface area contributed by atoms with E-state index in [0.29, 0.717) is 11.4 Å². The first-order valence-electron chi connectivity index (χ1n) is 14.6. The summed E-state index contributed by atoms with van der Waals surface area (Å²) in [6.45, 7) is 0. The van der Waals surface area contributed by atoms with Gasteiger partial charge in [0, 0.05) is 15.5 Å². The summed E-state index contributed by atoms with van der Waals surface area (Å²) in [4.78, 5) is 44.6. The normalized spacial score (nSPS) is 21.3. The molecule has 1 saturated heterocycles. The lowest BCUT2D eigenvalue weighted by molar-refractivity contribution is -0.154. The highest BCUT2D eigenvalue weighted by Crippen LogP contribution is 2.54. The zero-order valence-corrected chi connectivity index (χ0v) is 26.6. The van der Waals surface area contributed by atoms with Gasteiger partial charge < -0.3 is 10.1 Å². The topological polar surface area (TPSA) is 75.7 Å². The highest BCUT2D eigenvalue weighted by Gasteiger charge is 2.55. The number of nitrogens with one attached hydrogen (secondary N) is 1. The Bertz CT molecular complexity index is 1770. The molecule has 4 aromatic rings. The number of hydrogen-bond donors (Lipinski definition) is 2. The van der Waals surface area contributed by atoms with E-state index in [1.165, 1.54) is 0 Å². The van der Waals surface area contributed by atoms with Crippen LogP contribution in [-0.2, 0) is 25.5 Å². The van der Waals surface area contributed by atoms with Crippen molar-refractivity contribution in [3.05, 3.63) is 158 Å². The maximum absolute atomic E-state index is 14.3. The Morgan fingerprint density at radius 3 is 2.22 bits per heavy atom. The molecular weight excluding hydrogens is 621 g/mol. The Hall–Kier alpha value is -4.31. The van der Waals surface area contributed by atoms with E-state index in [1.54, 1.807) is 28.0 Å². The van der Waals surface area contributed by atoms with Crippen molar-refractivity contribution in [3.63, 3.8) is 0 Å². The molecule has 3 aromatic carbocycles. The van der Waals surface area contributed by atoms with E-state index >= 15 is 0 Å². The average Bonchev–Trinajstić information content (AvgIpc) is 3.80. The van der Waals surface area contributed by atoms with Crippen LogP contribution >= 0.6 is 34.0 Å². The number of allylic oxidation sites excluding steroid dienone is 2. The zero-order chi connectivity index (χ0) is 30.8. The molecule has 7 rings (SSSR count). The van der Waals surface area contributed by atoms with Crippen LogP contribution in [0.2, 0.25) is 0 Å². The fourth-order valence-corrected chi connectivity index (χ4v) is 10.2. The first kappa shape index (κ1) is 29.4. The van der Waals surface area contributed by atoms with Crippen molar-refractivity contribution in [2.75, 3.05) is 5.75 Å². The molecule has 3 atom stereocenters. The molecular formula is C36H30N2O4S3. The van der Waals surface area contributed by atoms with Crippen LogP contribution in [0.4, 0.5) is 0 Å². The molecule has 0 saturated carbocycles. The van der Waals surface area contributed by atoms with Gasteiger partial charge in [0.05, 0.1) is 6.42 Å². The number of nitrogens with zero attached hydrogens (tertiary/aromatic N) is 1. The van der Waals surface area contributed by atoms with Crippen LogP contribution in [0.1, 0.15) is 27.7 Å². The molecule has 1 aromatic heterocycles. The third kappa shape index (κ3) is 6.03. The SMILES string of the molecule is O=C(Cc1ccccc1)N[C@@H]1C(=O)N2C(C(=O)OC(c3ccccc3)c3ccccc3)=C([SH]3C=CC(c4cccs4)=C3)CSC12.